The number of likely N-dealkylation sites (N-methyl/N-ethyl adjacent to an activating group) is 1. The summed E-state index contributed by atoms with van der Waals surface area (Å²) >= 11 is 0. The molecule has 0 aromatic carbocycles. The van der Waals surface area contributed by atoms with Gasteiger partial charge in [-0.05, 0) is 19.9 Å². The maximum Gasteiger partial charge on any atom is 0.236 e. The van der Waals surface area contributed by atoms with E-state index in [0.29, 0.717) is 56.2 Å². The largest absolute Gasteiger partial charge is 0.424 e. The molecule has 2 fully saturated rings. The Bertz CT molecular complexity index is 649. The van der Waals surface area contributed by atoms with Crippen LogP contribution in [0.15, 0.2) is 4.42 Å². The summed E-state index contributed by atoms with van der Waals surface area (Å²) in [6.07, 6.45) is 7.62. The third-order valence-electron chi connectivity index (χ3n) is 5.57. The molecule has 1 saturated heterocycles. The predicted molar refractivity (Wildman–Crippen MR) is 98.9 cm³/mol. The highest BCUT2D eigenvalue weighted by atomic mass is 16.4. The summed E-state index contributed by atoms with van der Waals surface area (Å²) in [6.45, 7) is 4.89. The lowest BCUT2D eigenvalue weighted by molar-refractivity contribution is -0.133. The molecule has 0 unspecified atom stereocenters. The maximum absolute atomic E-state index is 12.7. The van der Waals surface area contributed by atoms with E-state index < -0.39 is 0 Å². The number of carbonyl (C=O) groups is 1. The quantitative estimate of drug-likeness (QED) is 0.767. The van der Waals surface area contributed by atoms with E-state index in [4.69, 9.17) is 4.42 Å². The summed E-state index contributed by atoms with van der Waals surface area (Å²) in [6, 6.07) is 2.62. The molecule has 1 aromatic rings. The zero-order valence-electron chi connectivity index (χ0n) is 15.9. The molecule has 142 valence electrons. The van der Waals surface area contributed by atoms with Gasteiger partial charge >= 0.3 is 0 Å². The number of rotatable bonds is 4. The number of hydrogen-bond acceptors (Lipinski definition) is 6. The molecule has 2 heterocycles. The number of piperazine rings is 1. The van der Waals surface area contributed by atoms with Crippen LogP contribution >= 0.6 is 0 Å². The van der Waals surface area contributed by atoms with E-state index in [1.54, 1.807) is 6.92 Å². The molecule has 0 atom stereocenters. The minimum Gasteiger partial charge on any atom is -0.424 e. The molecule has 1 amide bonds. The second-order valence-electron chi connectivity index (χ2n) is 7.43. The molecule has 7 heteroatoms. The highest BCUT2D eigenvalue weighted by Gasteiger charge is 2.27. The van der Waals surface area contributed by atoms with Crippen LogP contribution < -0.4 is 4.90 Å². The molecule has 1 aliphatic carbocycles. The van der Waals surface area contributed by atoms with Crippen LogP contribution in [0, 0.1) is 18.3 Å². The summed E-state index contributed by atoms with van der Waals surface area (Å²) in [5.74, 6) is 1.23. The van der Waals surface area contributed by atoms with Gasteiger partial charge in [0.05, 0.1) is 6.54 Å². The van der Waals surface area contributed by atoms with Crippen molar-refractivity contribution in [3.8, 4) is 6.07 Å². The third kappa shape index (κ3) is 4.36. The van der Waals surface area contributed by atoms with Gasteiger partial charge in [-0.15, -0.1) is 0 Å². The second-order valence-corrected chi connectivity index (χ2v) is 7.43. The fourth-order valence-corrected chi connectivity index (χ4v) is 4.00. The average molecular weight is 359 g/mol. The van der Waals surface area contributed by atoms with Gasteiger partial charge in [0, 0.05) is 39.1 Å². The first kappa shape index (κ1) is 18.7. The zero-order chi connectivity index (χ0) is 18.5. The molecule has 7 nitrogen and oxygen atoms in total. The average Bonchev–Trinajstić information content (AvgIpc) is 2.85. The first-order chi connectivity index (χ1) is 12.6. The minimum absolute atomic E-state index is 0.200. The van der Waals surface area contributed by atoms with Crippen molar-refractivity contribution in [1.29, 1.82) is 5.26 Å². The first-order valence-electron chi connectivity index (χ1n) is 9.69. The SMILES string of the molecule is Cc1nc(C#N)c(N2CCN(C(=O)CN(C)C3CCCCCC3)CC2)o1. The molecule has 1 aliphatic heterocycles. The van der Waals surface area contributed by atoms with Gasteiger partial charge in [-0.1, -0.05) is 25.7 Å². The Morgan fingerprint density at radius 2 is 1.88 bits per heavy atom. The smallest absolute Gasteiger partial charge is 0.236 e. The minimum atomic E-state index is 0.200. The first-order valence-corrected chi connectivity index (χ1v) is 9.69. The topological polar surface area (TPSA) is 76.6 Å². The van der Waals surface area contributed by atoms with Gasteiger partial charge in [-0.2, -0.15) is 5.26 Å². The maximum atomic E-state index is 12.7. The lowest BCUT2D eigenvalue weighted by Gasteiger charge is -2.36. The zero-order valence-corrected chi connectivity index (χ0v) is 15.9. The Morgan fingerprint density at radius 1 is 1.23 bits per heavy atom. The lowest BCUT2D eigenvalue weighted by Crippen LogP contribution is -2.51. The Balaban J connectivity index is 1.51. The van der Waals surface area contributed by atoms with Crippen molar-refractivity contribution >= 4 is 11.8 Å². The third-order valence-corrected chi connectivity index (χ3v) is 5.57. The number of amides is 1. The Hall–Kier alpha value is -2.07. The lowest BCUT2D eigenvalue weighted by atomic mass is 10.1. The molecule has 0 spiro atoms. The normalized spacial score (nSPS) is 19.5. The molecule has 0 radical (unpaired) electrons. The second kappa shape index (κ2) is 8.54. The van der Waals surface area contributed by atoms with Gasteiger partial charge in [-0.3, -0.25) is 9.69 Å². The summed E-state index contributed by atoms with van der Waals surface area (Å²) in [7, 11) is 2.08. The van der Waals surface area contributed by atoms with Crippen molar-refractivity contribution in [3.05, 3.63) is 11.6 Å². The van der Waals surface area contributed by atoms with Crippen LogP contribution in [-0.4, -0.2) is 66.5 Å². The van der Waals surface area contributed by atoms with Crippen LogP contribution in [0.25, 0.3) is 0 Å². The van der Waals surface area contributed by atoms with Gasteiger partial charge in [0.2, 0.25) is 17.5 Å². The van der Waals surface area contributed by atoms with E-state index in [1.807, 2.05) is 9.80 Å². The number of aryl methyl sites for hydroxylation is 1. The summed E-state index contributed by atoms with van der Waals surface area (Å²) in [5, 5.41) is 9.18. The van der Waals surface area contributed by atoms with Gasteiger partial charge in [0.15, 0.2) is 5.89 Å². The van der Waals surface area contributed by atoms with Crippen LogP contribution in [0.5, 0.6) is 0 Å². The van der Waals surface area contributed by atoms with E-state index in [2.05, 4.69) is 23.0 Å². The summed E-state index contributed by atoms with van der Waals surface area (Å²) in [4.78, 5) is 23.0. The number of hydrogen-bond donors (Lipinski definition) is 0. The van der Waals surface area contributed by atoms with E-state index in [0.717, 1.165) is 0 Å². The number of oxazole rings is 1. The monoisotopic (exact) mass is 359 g/mol. The van der Waals surface area contributed by atoms with Crippen molar-refractivity contribution in [2.45, 2.75) is 51.5 Å². The van der Waals surface area contributed by atoms with Crippen molar-refractivity contribution in [1.82, 2.24) is 14.8 Å². The number of nitriles is 1. The van der Waals surface area contributed by atoms with Crippen LogP contribution in [0.1, 0.15) is 50.1 Å². The van der Waals surface area contributed by atoms with Crippen LogP contribution in [0.2, 0.25) is 0 Å². The molecule has 2 aliphatic rings. The highest BCUT2D eigenvalue weighted by Crippen LogP contribution is 2.23. The van der Waals surface area contributed by atoms with Crippen molar-refractivity contribution in [2.75, 3.05) is 44.7 Å². The van der Waals surface area contributed by atoms with Crippen LogP contribution in [-0.2, 0) is 4.79 Å². The molecule has 0 bridgehead atoms. The molecule has 1 saturated carbocycles. The van der Waals surface area contributed by atoms with Gasteiger partial charge in [0.25, 0.3) is 0 Å². The molecule has 1 aromatic heterocycles. The van der Waals surface area contributed by atoms with Gasteiger partial charge in [0.1, 0.15) is 6.07 Å². The Morgan fingerprint density at radius 3 is 2.50 bits per heavy atom. The molecular formula is C19H29N5O2. The summed E-state index contributed by atoms with van der Waals surface area (Å²) in [5.41, 5.74) is 0.329. The standard InChI is InChI=1S/C19H29N5O2/c1-15-21-17(13-20)19(26-15)24-11-9-23(10-12-24)18(25)14-22(2)16-7-5-3-4-6-8-16/h16H,3-12,14H2,1-2H3. The van der Waals surface area contributed by atoms with Crippen LogP contribution in [0.4, 0.5) is 5.88 Å². The molecule has 3 rings (SSSR count). The summed E-state index contributed by atoms with van der Waals surface area (Å²) < 4.78 is 5.58. The number of aromatic nitrogens is 1. The fraction of sp³-hybridized carbons (Fsp3) is 0.737. The van der Waals surface area contributed by atoms with Gasteiger partial charge < -0.3 is 14.2 Å². The van der Waals surface area contributed by atoms with Gasteiger partial charge in [-0.25, -0.2) is 4.98 Å². The number of anilines is 1. The van der Waals surface area contributed by atoms with E-state index in [1.165, 1.54) is 38.5 Å². The molecule has 0 N–H and O–H groups in total. The number of carbonyl (C=O) groups excluding carboxylic acids is 1. The van der Waals surface area contributed by atoms with Crippen LogP contribution in [0.3, 0.4) is 0 Å². The fourth-order valence-electron chi connectivity index (χ4n) is 4.00. The number of nitrogens with zero attached hydrogens (tertiary/aromatic N) is 5. The van der Waals surface area contributed by atoms with Crippen molar-refractivity contribution in [2.24, 2.45) is 0 Å². The van der Waals surface area contributed by atoms with E-state index >= 15 is 0 Å². The van der Waals surface area contributed by atoms with Crippen molar-refractivity contribution < 1.29 is 9.21 Å². The van der Waals surface area contributed by atoms with E-state index in [-0.39, 0.29) is 5.91 Å². The Kier molecular flexibility index (Phi) is 6.15. The van der Waals surface area contributed by atoms with E-state index in [9.17, 15) is 10.1 Å². The van der Waals surface area contributed by atoms with Crippen molar-refractivity contribution in [3.63, 3.8) is 0 Å². The highest BCUT2D eigenvalue weighted by molar-refractivity contribution is 5.78. The molecular weight excluding hydrogens is 330 g/mol. The Labute approximate surface area is 155 Å². The predicted octanol–water partition coefficient (Wildman–Crippen LogP) is 2.16. The molecule has 26 heavy (non-hydrogen) atoms.